The summed E-state index contributed by atoms with van der Waals surface area (Å²) in [6.07, 6.45) is 0.0272. The van der Waals surface area contributed by atoms with Gasteiger partial charge in [-0.1, -0.05) is 23.7 Å². The third kappa shape index (κ3) is 4.62. The number of anilines is 1. The van der Waals surface area contributed by atoms with Crippen molar-refractivity contribution in [3.8, 4) is 11.1 Å². The zero-order valence-corrected chi connectivity index (χ0v) is 18.8. The van der Waals surface area contributed by atoms with E-state index >= 15 is 0 Å². The Labute approximate surface area is 192 Å². The molecule has 6 nitrogen and oxygen atoms in total. The number of rotatable bonds is 5. The van der Waals surface area contributed by atoms with E-state index in [1.807, 2.05) is 0 Å². The highest BCUT2D eigenvalue weighted by Gasteiger charge is 2.29. The van der Waals surface area contributed by atoms with Crippen LogP contribution in [-0.4, -0.2) is 23.4 Å². The molecule has 0 unspecified atom stereocenters. The van der Waals surface area contributed by atoms with E-state index in [1.54, 1.807) is 31.2 Å². The second-order valence-electron chi connectivity index (χ2n) is 7.35. The molecule has 33 heavy (non-hydrogen) atoms. The molecular weight excluding hydrogens is 477 g/mol. The summed E-state index contributed by atoms with van der Waals surface area (Å²) in [6.45, 7) is 2.31. The molecule has 4 rings (SSSR count). The van der Waals surface area contributed by atoms with Crippen LogP contribution in [0.25, 0.3) is 22.0 Å². The largest absolute Gasteiger partial charge is 0.309 e. The average molecular weight is 493 g/mol. The Kier molecular flexibility index (Phi) is 5.75. The van der Waals surface area contributed by atoms with E-state index in [2.05, 4.69) is 19.7 Å². The predicted octanol–water partition coefficient (Wildman–Crippen LogP) is 5.71. The predicted molar refractivity (Wildman–Crippen MR) is 119 cm³/mol. The minimum atomic E-state index is -3.99. The van der Waals surface area contributed by atoms with Crippen molar-refractivity contribution in [1.82, 2.24) is 15.0 Å². The Balaban J connectivity index is 1.76. The maximum Gasteiger partial charge on any atom is 0.309 e. The van der Waals surface area contributed by atoms with Gasteiger partial charge in [-0.2, -0.15) is 4.39 Å². The quantitative estimate of drug-likeness (QED) is 0.361. The normalized spacial score (nSPS) is 12.2. The SMILES string of the molecule is Cc1nc(NS(=O)(=O)c2ccccc2Cl)ccc1-c1cc(C(C)(F)F)c2nc(F)ncc2c1. The van der Waals surface area contributed by atoms with E-state index in [4.69, 9.17) is 11.6 Å². The smallest absolute Gasteiger partial charge is 0.263 e. The van der Waals surface area contributed by atoms with Gasteiger partial charge in [-0.3, -0.25) is 4.72 Å². The van der Waals surface area contributed by atoms with Gasteiger partial charge in [0.15, 0.2) is 0 Å². The molecule has 11 heteroatoms. The number of alkyl halides is 2. The fourth-order valence-electron chi connectivity index (χ4n) is 3.39. The van der Waals surface area contributed by atoms with Gasteiger partial charge in [0.05, 0.1) is 10.5 Å². The number of pyridine rings is 1. The number of sulfonamides is 1. The van der Waals surface area contributed by atoms with E-state index in [9.17, 15) is 21.6 Å². The van der Waals surface area contributed by atoms with Gasteiger partial charge in [0.2, 0.25) is 0 Å². The topological polar surface area (TPSA) is 84.8 Å². The van der Waals surface area contributed by atoms with Gasteiger partial charge in [0.1, 0.15) is 10.7 Å². The molecule has 0 aliphatic heterocycles. The zero-order chi connectivity index (χ0) is 24.0. The molecule has 0 saturated carbocycles. The van der Waals surface area contributed by atoms with E-state index in [1.165, 1.54) is 24.3 Å². The van der Waals surface area contributed by atoms with Crippen LogP contribution in [-0.2, 0) is 15.9 Å². The Morgan fingerprint density at radius 3 is 2.45 bits per heavy atom. The standard InChI is InChI=1S/C22H16ClF3N4O2S/c1-12-15(7-8-19(28-12)30-33(31,32)18-6-4-3-5-17(18)23)13-9-14-11-27-21(24)29-20(14)16(10-13)22(2,25)26/h3-11H,1-2H3,(H,28,30). The van der Waals surface area contributed by atoms with Crippen molar-refractivity contribution >= 4 is 38.3 Å². The van der Waals surface area contributed by atoms with Crippen molar-refractivity contribution in [1.29, 1.82) is 0 Å². The first-order valence-electron chi connectivity index (χ1n) is 9.56. The minimum Gasteiger partial charge on any atom is -0.263 e. The van der Waals surface area contributed by atoms with Crippen LogP contribution in [0, 0.1) is 13.0 Å². The molecular formula is C22H16ClF3N4O2S. The fourth-order valence-corrected chi connectivity index (χ4v) is 4.91. The number of nitrogens with one attached hydrogen (secondary N) is 1. The van der Waals surface area contributed by atoms with Crippen LogP contribution in [0.2, 0.25) is 5.02 Å². The number of hydrogen-bond acceptors (Lipinski definition) is 5. The second-order valence-corrected chi connectivity index (χ2v) is 9.41. The molecule has 0 aliphatic rings. The number of benzene rings is 2. The first kappa shape index (κ1) is 22.9. The minimum absolute atomic E-state index is 0.0309. The Morgan fingerprint density at radius 2 is 1.79 bits per heavy atom. The molecule has 0 radical (unpaired) electrons. The van der Waals surface area contributed by atoms with Crippen LogP contribution >= 0.6 is 11.6 Å². The fraction of sp³-hybridized carbons (Fsp3) is 0.136. The Bertz CT molecular complexity index is 1490. The average Bonchev–Trinajstić information content (AvgIpc) is 2.72. The Morgan fingerprint density at radius 1 is 1.06 bits per heavy atom. The van der Waals surface area contributed by atoms with Crippen LogP contribution in [0.15, 0.2) is 59.6 Å². The van der Waals surface area contributed by atoms with Crippen molar-refractivity contribution in [2.24, 2.45) is 0 Å². The van der Waals surface area contributed by atoms with Gasteiger partial charge in [0.25, 0.3) is 15.9 Å². The van der Waals surface area contributed by atoms with Gasteiger partial charge >= 0.3 is 6.08 Å². The summed E-state index contributed by atoms with van der Waals surface area (Å²) < 4.78 is 69.7. The highest BCUT2D eigenvalue weighted by atomic mass is 35.5. The lowest BCUT2D eigenvalue weighted by Crippen LogP contribution is -2.14. The number of halogens is 4. The summed E-state index contributed by atoms with van der Waals surface area (Å²) in [6, 6.07) is 11.7. The summed E-state index contributed by atoms with van der Waals surface area (Å²) in [4.78, 5) is 11.1. The van der Waals surface area contributed by atoms with Crippen LogP contribution in [0.4, 0.5) is 19.0 Å². The monoisotopic (exact) mass is 492 g/mol. The molecule has 170 valence electrons. The van der Waals surface area contributed by atoms with Crippen molar-refractivity contribution in [3.05, 3.63) is 77.1 Å². The molecule has 0 saturated heterocycles. The van der Waals surface area contributed by atoms with Gasteiger partial charge in [0, 0.05) is 35.3 Å². The molecule has 2 heterocycles. The molecule has 1 N–H and O–H groups in total. The summed E-state index contributed by atoms with van der Waals surface area (Å²) in [7, 11) is -3.99. The first-order valence-corrected chi connectivity index (χ1v) is 11.4. The van der Waals surface area contributed by atoms with Gasteiger partial charge in [-0.25, -0.2) is 32.2 Å². The van der Waals surface area contributed by atoms with Crippen molar-refractivity contribution in [3.63, 3.8) is 0 Å². The molecule has 0 atom stereocenters. The second kappa shape index (κ2) is 8.27. The summed E-state index contributed by atoms with van der Waals surface area (Å²) in [5, 5.41) is 0.287. The van der Waals surface area contributed by atoms with Crippen LogP contribution in [0.5, 0.6) is 0 Å². The molecule has 0 fully saturated rings. The van der Waals surface area contributed by atoms with Crippen LogP contribution < -0.4 is 4.72 Å². The summed E-state index contributed by atoms with van der Waals surface area (Å²) in [5.41, 5.74) is 0.585. The molecule has 0 spiro atoms. The van der Waals surface area contributed by atoms with E-state index in [0.717, 1.165) is 6.20 Å². The lowest BCUT2D eigenvalue weighted by atomic mass is 9.97. The molecule has 0 aliphatic carbocycles. The highest BCUT2D eigenvalue weighted by molar-refractivity contribution is 7.92. The number of hydrogen-bond donors (Lipinski definition) is 1. The lowest BCUT2D eigenvalue weighted by Gasteiger charge is -2.16. The third-order valence-corrected chi connectivity index (χ3v) is 6.74. The highest BCUT2D eigenvalue weighted by Crippen LogP contribution is 2.37. The maximum atomic E-state index is 14.3. The van der Waals surface area contributed by atoms with Crippen LogP contribution in [0.3, 0.4) is 0 Å². The number of nitrogens with zero attached hydrogens (tertiary/aromatic N) is 3. The van der Waals surface area contributed by atoms with Crippen molar-refractivity contribution in [2.75, 3.05) is 4.72 Å². The van der Waals surface area contributed by atoms with Gasteiger partial charge in [-0.05, 0) is 48.9 Å². The molecule has 4 aromatic rings. The zero-order valence-electron chi connectivity index (χ0n) is 17.3. The lowest BCUT2D eigenvalue weighted by molar-refractivity contribution is 0.0189. The number of aryl methyl sites for hydroxylation is 1. The summed E-state index contributed by atoms with van der Waals surface area (Å²) in [5.74, 6) is -3.26. The molecule has 2 aromatic carbocycles. The molecule has 0 amide bonds. The Hall–Kier alpha value is -3.24. The molecule has 2 aromatic heterocycles. The number of aromatic nitrogens is 3. The maximum absolute atomic E-state index is 14.3. The first-order chi connectivity index (χ1) is 15.5. The van der Waals surface area contributed by atoms with Crippen molar-refractivity contribution < 1.29 is 21.6 Å². The van der Waals surface area contributed by atoms with E-state index < -0.39 is 27.6 Å². The molecule has 0 bridgehead atoms. The number of fused-ring (bicyclic) bond motifs is 1. The summed E-state index contributed by atoms with van der Waals surface area (Å²) >= 11 is 5.99. The van der Waals surface area contributed by atoms with Gasteiger partial charge in [-0.15, -0.1) is 0 Å². The van der Waals surface area contributed by atoms with Gasteiger partial charge < -0.3 is 0 Å². The van der Waals surface area contributed by atoms with E-state index in [0.29, 0.717) is 23.7 Å². The van der Waals surface area contributed by atoms with Crippen molar-refractivity contribution in [2.45, 2.75) is 24.7 Å². The third-order valence-electron chi connectivity index (χ3n) is 4.89. The van der Waals surface area contributed by atoms with E-state index in [-0.39, 0.29) is 26.6 Å². The van der Waals surface area contributed by atoms with Crippen LogP contribution in [0.1, 0.15) is 18.2 Å².